The summed E-state index contributed by atoms with van der Waals surface area (Å²) in [6, 6.07) is 5.03. The molecule has 0 aliphatic rings. The molecule has 0 aliphatic carbocycles. The molecule has 6 nitrogen and oxygen atoms in total. The number of hydrogen-bond acceptors (Lipinski definition) is 4. The Morgan fingerprint density at radius 2 is 2.18 bits per heavy atom. The molecule has 0 saturated heterocycles. The highest BCUT2D eigenvalue weighted by Crippen LogP contribution is 2.17. The van der Waals surface area contributed by atoms with Gasteiger partial charge in [0, 0.05) is 16.6 Å². The Kier molecular flexibility index (Phi) is 2.15. The number of aromatic amines is 2. The predicted molar refractivity (Wildman–Crippen MR) is 62.8 cm³/mol. The normalized spacial score (nSPS) is 10.9. The molecular formula is C10H6ClN5O. The average molecular weight is 248 g/mol. The van der Waals surface area contributed by atoms with Crippen molar-refractivity contribution in [3.63, 3.8) is 0 Å². The van der Waals surface area contributed by atoms with Gasteiger partial charge in [-0.05, 0) is 23.4 Å². The Labute approximate surface area is 99.6 Å². The van der Waals surface area contributed by atoms with Crippen LogP contribution < -0.4 is 5.43 Å². The maximum atomic E-state index is 12.2. The predicted octanol–water partition coefficient (Wildman–Crippen LogP) is 1.36. The van der Waals surface area contributed by atoms with Gasteiger partial charge in [-0.2, -0.15) is 5.21 Å². The van der Waals surface area contributed by atoms with Gasteiger partial charge in [-0.3, -0.25) is 4.79 Å². The molecule has 17 heavy (non-hydrogen) atoms. The lowest BCUT2D eigenvalue weighted by Crippen LogP contribution is -2.07. The minimum atomic E-state index is -0.156. The van der Waals surface area contributed by atoms with Crippen LogP contribution in [0.4, 0.5) is 0 Å². The summed E-state index contributed by atoms with van der Waals surface area (Å²) < 4.78 is 0. The molecule has 0 saturated carbocycles. The van der Waals surface area contributed by atoms with E-state index in [0.29, 0.717) is 21.5 Å². The van der Waals surface area contributed by atoms with E-state index < -0.39 is 0 Å². The van der Waals surface area contributed by atoms with Crippen LogP contribution in [0.3, 0.4) is 0 Å². The number of aromatic nitrogens is 5. The molecule has 0 atom stereocenters. The Bertz CT molecular complexity index is 734. The standard InChI is InChI=1S/C10H6ClN5O/c11-5-1-2-6-8(3-5)12-4-7(9(6)17)10-13-15-16-14-10/h1-4H,(H,12,17)(H,13,14,15,16). The summed E-state index contributed by atoms with van der Waals surface area (Å²) >= 11 is 5.85. The fourth-order valence-electron chi connectivity index (χ4n) is 1.64. The zero-order valence-corrected chi connectivity index (χ0v) is 9.19. The molecule has 0 radical (unpaired) electrons. The molecule has 2 N–H and O–H groups in total. The van der Waals surface area contributed by atoms with Gasteiger partial charge in [-0.25, -0.2) is 0 Å². The number of benzene rings is 1. The third-order valence-electron chi connectivity index (χ3n) is 2.43. The van der Waals surface area contributed by atoms with E-state index in [1.807, 2.05) is 0 Å². The van der Waals surface area contributed by atoms with Gasteiger partial charge in [0.15, 0.2) is 0 Å². The summed E-state index contributed by atoms with van der Waals surface area (Å²) in [4.78, 5) is 15.1. The van der Waals surface area contributed by atoms with Gasteiger partial charge in [0.1, 0.15) is 0 Å². The van der Waals surface area contributed by atoms with Crippen molar-refractivity contribution in [2.45, 2.75) is 0 Å². The highest BCUT2D eigenvalue weighted by molar-refractivity contribution is 6.31. The van der Waals surface area contributed by atoms with E-state index in [2.05, 4.69) is 25.6 Å². The second-order valence-corrected chi connectivity index (χ2v) is 3.89. The van der Waals surface area contributed by atoms with Crippen LogP contribution in [0.5, 0.6) is 0 Å². The lowest BCUT2D eigenvalue weighted by atomic mass is 10.1. The summed E-state index contributed by atoms with van der Waals surface area (Å²) in [6.07, 6.45) is 1.55. The molecule has 3 aromatic rings. The highest BCUT2D eigenvalue weighted by Gasteiger charge is 2.10. The van der Waals surface area contributed by atoms with Crippen LogP contribution >= 0.6 is 11.6 Å². The summed E-state index contributed by atoms with van der Waals surface area (Å²) in [5.41, 5.74) is 0.889. The van der Waals surface area contributed by atoms with Crippen molar-refractivity contribution in [1.29, 1.82) is 0 Å². The lowest BCUT2D eigenvalue weighted by molar-refractivity contribution is 0.881. The van der Waals surface area contributed by atoms with E-state index in [0.717, 1.165) is 0 Å². The Balaban J connectivity index is 2.34. The van der Waals surface area contributed by atoms with Crippen LogP contribution in [-0.2, 0) is 0 Å². The SMILES string of the molecule is O=c1c(-c2nn[nH]n2)c[nH]c2cc(Cl)ccc12. The molecule has 7 heteroatoms. The molecule has 0 unspecified atom stereocenters. The number of rotatable bonds is 1. The summed E-state index contributed by atoms with van der Waals surface area (Å²) in [5, 5.41) is 14.4. The van der Waals surface area contributed by atoms with Gasteiger partial charge < -0.3 is 4.98 Å². The molecule has 0 amide bonds. The average Bonchev–Trinajstić information content (AvgIpc) is 2.82. The van der Waals surface area contributed by atoms with Gasteiger partial charge in [0.05, 0.1) is 11.1 Å². The van der Waals surface area contributed by atoms with Crippen LogP contribution in [0.1, 0.15) is 0 Å². The number of H-pyrrole nitrogens is 2. The topological polar surface area (TPSA) is 87.3 Å². The van der Waals surface area contributed by atoms with Crippen LogP contribution in [0.2, 0.25) is 5.02 Å². The lowest BCUT2D eigenvalue weighted by Gasteiger charge is -2.00. The number of hydrogen-bond donors (Lipinski definition) is 2. The van der Waals surface area contributed by atoms with Gasteiger partial charge in [0.25, 0.3) is 0 Å². The molecule has 0 fully saturated rings. The van der Waals surface area contributed by atoms with Crippen molar-refractivity contribution in [3.8, 4) is 11.4 Å². The molecule has 0 aliphatic heterocycles. The van der Waals surface area contributed by atoms with Gasteiger partial charge in [-0.1, -0.05) is 11.6 Å². The molecule has 0 spiro atoms. The highest BCUT2D eigenvalue weighted by atomic mass is 35.5. The molecule has 84 valence electrons. The summed E-state index contributed by atoms with van der Waals surface area (Å²) in [7, 11) is 0. The van der Waals surface area contributed by atoms with E-state index in [4.69, 9.17) is 11.6 Å². The van der Waals surface area contributed by atoms with Gasteiger partial charge >= 0.3 is 0 Å². The monoisotopic (exact) mass is 247 g/mol. The van der Waals surface area contributed by atoms with Crippen LogP contribution in [0.15, 0.2) is 29.2 Å². The fourth-order valence-corrected chi connectivity index (χ4v) is 1.81. The van der Waals surface area contributed by atoms with E-state index in [1.54, 1.807) is 24.4 Å². The first kappa shape index (κ1) is 9.98. The van der Waals surface area contributed by atoms with Crippen molar-refractivity contribution in [3.05, 3.63) is 39.6 Å². The Morgan fingerprint density at radius 3 is 2.94 bits per heavy atom. The second kappa shape index (κ2) is 3.67. The largest absolute Gasteiger partial charge is 0.360 e. The molecular weight excluding hydrogens is 242 g/mol. The minimum absolute atomic E-state index is 0.156. The zero-order valence-electron chi connectivity index (χ0n) is 8.44. The fraction of sp³-hybridized carbons (Fsp3) is 0. The van der Waals surface area contributed by atoms with E-state index in [9.17, 15) is 4.79 Å². The maximum Gasteiger partial charge on any atom is 0.210 e. The van der Waals surface area contributed by atoms with Gasteiger partial charge in [0.2, 0.25) is 11.3 Å². The molecule has 2 heterocycles. The summed E-state index contributed by atoms with van der Waals surface area (Å²) in [6.45, 7) is 0. The third kappa shape index (κ3) is 1.58. The number of fused-ring (bicyclic) bond motifs is 1. The first-order valence-electron chi connectivity index (χ1n) is 4.80. The van der Waals surface area contributed by atoms with Crippen molar-refractivity contribution >= 4 is 22.5 Å². The number of halogens is 1. The molecule has 1 aromatic carbocycles. The summed E-state index contributed by atoms with van der Waals surface area (Å²) in [5.74, 6) is 0.267. The van der Waals surface area contributed by atoms with Crippen LogP contribution in [0.25, 0.3) is 22.3 Å². The number of nitrogens with zero attached hydrogens (tertiary/aromatic N) is 3. The zero-order chi connectivity index (χ0) is 11.8. The second-order valence-electron chi connectivity index (χ2n) is 3.46. The molecule has 2 aromatic heterocycles. The van der Waals surface area contributed by atoms with Crippen LogP contribution in [0, 0.1) is 0 Å². The maximum absolute atomic E-state index is 12.2. The number of nitrogens with one attached hydrogen (secondary N) is 2. The first-order chi connectivity index (χ1) is 8.25. The Hall–Kier alpha value is -2.21. The molecule has 3 rings (SSSR count). The van der Waals surface area contributed by atoms with Crippen molar-refractivity contribution in [2.24, 2.45) is 0 Å². The van der Waals surface area contributed by atoms with Crippen LogP contribution in [-0.4, -0.2) is 25.6 Å². The van der Waals surface area contributed by atoms with E-state index >= 15 is 0 Å². The van der Waals surface area contributed by atoms with E-state index in [-0.39, 0.29) is 11.3 Å². The van der Waals surface area contributed by atoms with Crippen molar-refractivity contribution < 1.29 is 0 Å². The van der Waals surface area contributed by atoms with Crippen molar-refractivity contribution in [2.75, 3.05) is 0 Å². The number of tetrazole rings is 1. The molecule has 0 bridgehead atoms. The third-order valence-corrected chi connectivity index (χ3v) is 2.66. The Morgan fingerprint density at radius 1 is 1.29 bits per heavy atom. The van der Waals surface area contributed by atoms with E-state index in [1.165, 1.54) is 0 Å². The smallest absolute Gasteiger partial charge is 0.210 e. The first-order valence-corrected chi connectivity index (χ1v) is 5.18. The minimum Gasteiger partial charge on any atom is -0.360 e. The number of pyridine rings is 1. The van der Waals surface area contributed by atoms with Crippen molar-refractivity contribution in [1.82, 2.24) is 25.6 Å². The van der Waals surface area contributed by atoms with Gasteiger partial charge in [-0.15, -0.1) is 10.2 Å². The quantitative estimate of drug-likeness (QED) is 0.680.